The van der Waals surface area contributed by atoms with E-state index in [1.54, 1.807) is 6.92 Å². The van der Waals surface area contributed by atoms with E-state index in [2.05, 4.69) is 17.2 Å². The summed E-state index contributed by atoms with van der Waals surface area (Å²) in [6, 6.07) is 4.79. The minimum Gasteiger partial charge on any atom is -0.345 e. The van der Waals surface area contributed by atoms with Gasteiger partial charge in [0.2, 0.25) is 5.91 Å². The molecule has 0 fully saturated rings. The molecule has 0 aromatic heterocycles. The third-order valence-corrected chi connectivity index (χ3v) is 2.83. The highest BCUT2D eigenvalue weighted by Gasteiger charge is 2.30. The summed E-state index contributed by atoms with van der Waals surface area (Å²) in [5.74, 6) is 5.05. The Morgan fingerprint density at radius 1 is 1.40 bits per heavy atom. The second kappa shape index (κ2) is 6.99. The minimum absolute atomic E-state index is 0.0923. The fourth-order valence-corrected chi connectivity index (χ4v) is 1.41. The second-order valence-electron chi connectivity index (χ2n) is 4.41. The zero-order valence-corrected chi connectivity index (χ0v) is 11.3. The van der Waals surface area contributed by atoms with Gasteiger partial charge in [0.15, 0.2) is 0 Å². The zero-order chi connectivity index (χ0) is 15.2. The quantitative estimate of drug-likeness (QED) is 0.848. The van der Waals surface area contributed by atoms with Crippen molar-refractivity contribution in [3.05, 3.63) is 35.4 Å². The summed E-state index contributed by atoms with van der Waals surface area (Å²) in [7, 11) is 0. The van der Waals surface area contributed by atoms with E-state index in [1.165, 1.54) is 12.1 Å². The Morgan fingerprint density at radius 3 is 2.70 bits per heavy atom. The molecule has 1 aromatic carbocycles. The summed E-state index contributed by atoms with van der Waals surface area (Å²) < 4.78 is 37.5. The Kier molecular flexibility index (Phi) is 5.63. The third-order valence-electron chi connectivity index (χ3n) is 2.83. The van der Waals surface area contributed by atoms with E-state index < -0.39 is 11.7 Å². The molecule has 1 atom stereocenters. The summed E-state index contributed by atoms with van der Waals surface area (Å²) >= 11 is 0. The molecule has 1 aromatic rings. The number of hydrogen-bond acceptors (Lipinski definition) is 1. The summed E-state index contributed by atoms with van der Waals surface area (Å²) in [6.45, 7) is 3.83. The molecular weight excluding hydrogens is 267 g/mol. The van der Waals surface area contributed by atoms with Gasteiger partial charge >= 0.3 is 6.18 Å². The van der Waals surface area contributed by atoms with Gasteiger partial charge in [-0.3, -0.25) is 4.79 Å². The molecule has 1 unspecified atom stereocenters. The van der Waals surface area contributed by atoms with Crippen LogP contribution in [0.25, 0.3) is 0 Å². The van der Waals surface area contributed by atoms with Crippen molar-refractivity contribution < 1.29 is 18.0 Å². The van der Waals surface area contributed by atoms with Crippen LogP contribution in [0.1, 0.15) is 31.4 Å². The average Bonchev–Trinajstić information content (AvgIpc) is 2.41. The van der Waals surface area contributed by atoms with Crippen LogP contribution in [0.5, 0.6) is 0 Å². The summed E-state index contributed by atoms with van der Waals surface area (Å²) in [5.41, 5.74) is -0.453. The number of carbonyl (C=O) groups is 1. The first-order valence-electron chi connectivity index (χ1n) is 6.28. The zero-order valence-electron chi connectivity index (χ0n) is 11.3. The maximum absolute atomic E-state index is 12.5. The van der Waals surface area contributed by atoms with Gasteiger partial charge in [0.25, 0.3) is 0 Å². The van der Waals surface area contributed by atoms with E-state index in [4.69, 9.17) is 0 Å². The van der Waals surface area contributed by atoms with Crippen molar-refractivity contribution in [3.63, 3.8) is 0 Å². The molecule has 1 rings (SSSR count). The van der Waals surface area contributed by atoms with Crippen molar-refractivity contribution >= 4 is 5.91 Å². The molecule has 0 bridgehead atoms. The molecule has 0 radical (unpaired) electrons. The van der Waals surface area contributed by atoms with Crippen LogP contribution >= 0.6 is 0 Å². The number of benzene rings is 1. The molecule has 20 heavy (non-hydrogen) atoms. The summed E-state index contributed by atoms with van der Waals surface area (Å²) in [5, 5.41) is 2.61. The summed E-state index contributed by atoms with van der Waals surface area (Å²) in [4.78, 5) is 11.4. The topological polar surface area (TPSA) is 29.1 Å². The molecule has 0 aliphatic heterocycles. The predicted molar refractivity (Wildman–Crippen MR) is 70.8 cm³/mol. The summed E-state index contributed by atoms with van der Waals surface area (Å²) in [6.07, 6.45) is -3.64. The van der Waals surface area contributed by atoms with Gasteiger partial charge < -0.3 is 5.32 Å². The van der Waals surface area contributed by atoms with Gasteiger partial charge in [0.1, 0.15) is 0 Å². The van der Waals surface area contributed by atoms with Crippen molar-refractivity contribution in [2.75, 3.05) is 6.54 Å². The molecule has 1 amide bonds. The number of hydrogen-bond donors (Lipinski definition) is 1. The molecule has 108 valence electrons. The van der Waals surface area contributed by atoms with Crippen molar-refractivity contribution in [3.8, 4) is 11.8 Å². The smallest absolute Gasteiger partial charge is 0.345 e. The first kappa shape index (κ1) is 16.1. The van der Waals surface area contributed by atoms with E-state index in [0.29, 0.717) is 0 Å². The molecule has 2 nitrogen and oxygen atoms in total. The average molecular weight is 283 g/mol. The van der Waals surface area contributed by atoms with Gasteiger partial charge in [0, 0.05) is 11.5 Å². The molecule has 0 heterocycles. The number of amides is 1. The monoisotopic (exact) mass is 283 g/mol. The highest BCUT2D eigenvalue weighted by molar-refractivity contribution is 5.78. The molecule has 1 N–H and O–H groups in total. The first-order chi connectivity index (χ1) is 9.34. The standard InChI is InChI=1S/C15H16F3NO/c1-3-11(2)14(20)19-9-5-7-12-6-4-8-13(10-12)15(16,17)18/h4,6,8,10-11H,3,9H2,1-2H3,(H,19,20). The largest absolute Gasteiger partial charge is 0.416 e. The van der Waals surface area contributed by atoms with Crippen molar-refractivity contribution in [2.45, 2.75) is 26.4 Å². The molecule has 0 aliphatic rings. The van der Waals surface area contributed by atoms with Crippen molar-refractivity contribution in [1.82, 2.24) is 5.32 Å². The van der Waals surface area contributed by atoms with Crippen LogP contribution in [-0.2, 0) is 11.0 Å². The molecule has 0 saturated heterocycles. The predicted octanol–water partition coefficient (Wildman–Crippen LogP) is 3.22. The van der Waals surface area contributed by atoms with Gasteiger partial charge in [0.05, 0.1) is 12.1 Å². The fourth-order valence-electron chi connectivity index (χ4n) is 1.41. The highest BCUT2D eigenvalue weighted by Crippen LogP contribution is 2.29. The van der Waals surface area contributed by atoms with E-state index >= 15 is 0 Å². The SMILES string of the molecule is CCC(C)C(=O)NCC#Cc1cccc(C(F)(F)F)c1. The lowest BCUT2D eigenvalue weighted by Crippen LogP contribution is -2.29. The van der Waals surface area contributed by atoms with Crippen LogP contribution in [0.3, 0.4) is 0 Å². The van der Waals surface area contributed by atoms with Crippen molar-refractivity contribution in [2.24, 2.45) is 5.92 Å². The van der Waals surface area contributed by atoms with Gasteiger partial charge in [-0.15, -0.1) is 0 Å². The minimum atomic E-state index is -4.37. The number of halogens is 3. The van der Waals surface area contributed by atoms with Gasteiger partial charge in [-0.25, -0.2) is 0 Å². The lowest BCUT2D eigenvalue weighted by atomic mass is 10.1. The third kappa shape index (κ3) is 4.96. The fraction of sp³-hybridized carbons (Fsp3) is 0.400. The van der Waals surface area contributed by atoms with Crippen LogP contribution in [0.15, 0.2) is 24.3 Å². The number of nitrogens with one attached hydrogen (secondary N) is 1. The second-order valence-corrected chi connectivity index (χ2v) is 4.41. The van der Waals surface area contributed by atoms with E-state index in [0.717, 1.165) is 18.6 Å². The van der Waals surface area contributed by atoms with Crippen LogP contribution < -0.4 is 5.32 Å². The van der Waals surface area contributed by atoms with E-state index in [-0.39, 0.29) is 23.9 Å². The van der Waals surface area contributed by atoms with Crippen molar-refractivity contribution in [1.29, 1.82) is 0 Å². The maximum atomic E-state index is 12.5. The Labute approximate surface area is 116 Å². The Hall–Kier alpha value is -1.96. The van der Waals surface area contributed by atoms with Gasteiger partial charge in [-0.05, 0) is 24.6 Å². The number of alkyl halides is 3. The van der Waals surface area contributed by atoms with Gasteiger partial charge in [-0.1, -0.05) is 31.8 Å². The Bertz CT molecular complexity index is 526. The normalized spacial score (nSPS) is 12.2. The number of rotatable bonds is 3. The molecular formula is C15H16F3NO. The van der Waals surface area contributed by atoms with Crippen LogP contribution in [-0.4, -0.2) is 12.5 Å². The van der Waals surface area contributed by atoms with E-state index in [9.17, 15) is 18.0 Å². The first-order valence-corrected chi connectivity index (χ1v) is 6.28. The Morgan fingerprint density at radius 2 is 2.10 bits per heavy atom. The lowest BCUT2D eigenvalue weighted by molar-refractivity contribution is -0.137. The highest BCUT2D eigenvalue weighted by atomic mass is 19.4. The lowest BCUT2D eigenvalue weighted by Gasteiger charge is -2.07. The van der Waals surface area contributed by atoms with Crippen LogP contribution in [0, 0.1) is 17.8 Å². The molecule has 0 saturated carbocycles. The van der Waals surface area contributed by atoms with Gasteiger partial charge in [-0.2, -0.15) is 13.2 Å². The maximum Gasteiger partial charge on any atom is 0.416 e. The molecule has 5 heteroatoms. The number of carbonyl (C=O) groups excluding carboxylic acids is 1. The van der Waals surface area contributed by atoms with Crippen LogP contribution in [0.4, 0.5) is 13.2 Å². The molecule has 0 spiro atoms. The van der Waals surface area contributed by atoms with Crippen LogP contribution in [0.2, 0.25) is 0 Å². The molecule has 0 aliphatic carbocycles. The van der Waals surface area contributed by atoms with E-state index in [1.807, 2.05) is 6.92 Å². The Balaban J connectivity index is 2.63.